The lowest BCUT2D eigenvalue weighted by atomic mass is 9.77. The van der Waals surface area contributed by atoms with Crippen LogP contribution in [-0.4, -0.2) is 64.4 Å². The van der Waals surface area contributed by atoms with Crippen LogP contribution < -0.4 is 9.47 Å². The highest BCUT2D eigenvalue weighted by Gasteiger charge is 2.47. The smallest absolute Gasteiger partial charge is 0.387 e. The van der Waals surface area contributed by atoms with Crippen LogP contribution in [0.2, 0.25) is 0 Å². The Kier molecular flexibility index (Phi) is 9.70. The summed E-state index contributed by atoms with van der Waals surface area (Å²) in [5.41, 5.74) is 0.951. The average Bonchev–Trinajstić information content (AvgIpc) is 3.52. The molecule has 2 aliphatic heterocycles. The van der Waals surface area contributed by atoms with E-state index in [-0.39, 0.29) is 48.5 Å². The number of carbonyl (C=O) groups is 3. The topological polar surface area (TPSA) is 108 Å². The zero-order valence-corrected chi connectivity index (χ0v) is 26.0. The Morgan fingerprint density at radius 2 is 1.77 bits per heavy atom. The zero-order chi connectivity index (χ0) is 31.6. The van der Waals surface area contributed by atoms with Gasteiger partial charge in [-0.05, 0) is 62.0 Å². The summed E-state index contributed by atoms with van der Waals surface area (Å²) >= 11 is 0. The van der Waals surface area contributed by atoms with Gasteiger partial charge in [0.05, 0.1) is 36.0 Å². The van der Waals surface area contributed by atoms with Crippen LogP contribution >= 0.6 is 0 Å². The fourth-order valence-corrected chi connectivity index (χ4v) is 6.91. The molecule has 2 fully saturated rings. The number of aryl methyl sites for hydroxylation is 1. The highest BCUT2D eigenvalue weighted by Crippen LogP contribution is 2.38. The first-order chi connectivity index (χ1) is 20.9. The fourth-order valence-electron chi connectivity index (χ4n) is 6.91. The van der Waals surface area contributed by atoms with Gasteiger partial charge < -0.3 is 23.9 Å². The lowest BCUT2D eigenvalue weighted by Gasteiger charge is -2.34. The molecular formula is C33H43F2N3O6. The Labute approximate surface area is 257 Å². The molecule has 1 aliphatic carbocycles. The van der Waals surface area contributed by atoms with E-state index >= 15 is 0 Å². The molecule has 11 heteroatoms. The van der Waals surface area contributed by atoms with Gasteiger partial charge in [0.15, 0.2) is 0 Å². The maximum atomic E-state index is 14.1. The van der Waals surface area contributed by atoms with Crippen molar-refractivity contribution < 1.29 is 37.4 Å². The number of benzene rings is 1. The number of halogens is 2. The van der Waals surface area contributed by atoms with Crippen molar-refractivity contribution in [1.82, 2.24) is 14.9 Å². The number of hydrogen-bond acceptors (Lipinski definition) is 8. The predicted octanol–water partition coefficient (Wildman–Crippen LogP) is 5.91. The summed E-state index contributed by atoms with van der Waals surface area (Å²) in [4.78, 5) is 50.7. The first kappa shape index (κ1) is 32.0. The molecule has 1 saturated carbocycles. The number of aromatic nitrogens is 2. The number of aldehydes is 1. The van der Waals surface area contributed by atoms with E-state index in [1.54, 1.807) is 6.07 Å². The molecule has 1 saturated heterocycles. The second-order valence-corrected chi connectivity index (χ2v) is 13.6. The van der Waals surface area contributed by atoms with E-state index in [9.17, 15) is 23.2 Å². The van der Waals surface area contributed by atoms with Gasteiger partial charge in [0.1, 0.15) is 29.9 Å². The molecular weight excluding hydrogens is 572 g/mol. The van der Waals surface area contributed by atoms with Crippen LogP contribution in [0.4, 0.5) is 8.78 Å². The number of amides is 1. The molecule has 2 bridgehead atoms. The molecule has 44 heavy (non-hydrogen) atoms. The number of esters is 1. The lowest BCUT2D eigenvalue weighted by Crippen LogP contribution is -2.46. The number of fused-ring (bicyclic) bond motifs is 5. The molecule has 240 valence electrons. The second kappa shape index (κ2) is 13.3. The van der Waals surface area contributed by atoms with Gasteiger partial charge in [-0.3, -0.25) is 9.59 Å². The molecule has 3 heterocycles. The molecule has 0 N–H and O–H groups in total. The number of ether oxygens (including phenoxy) is 3. The number of rotatable bonds is 3. The van der Waals surface area contributed by atoms with Gasteiger partial charge in [-0.25, -0.2) is 9.97 Å². The van der Waals surface area contributed by atoms with Gasteiger partial charge in [0.2, 0.25) is 11.8 Å². The molecule has 1 aromatic carbocycles. The zero-order valence-electron chi connectivity index (χ0n) is 26.0. The standard InChI is InChI=1S/C33H43F2N3O6/c1-19-26(18-39)38-17-28(19)44-30-24(36-23-14-13-21(42-32(34)35)15-25(23)37-30)11-7-5-6-9-20-10-8-12-27(20)43-29(40)16-22(31(38)41)33(2,3)4/h13-15,18-20,22,26-28,32H,5-12,16-17H2,1-4H3/t19-,20+,22+,26+,27+,28-/m0/s1. The average molecular weight is 616 g/mol. The summed E-state index contributed by atoms with van der Waals surface area (Å²) in [6.07, 6.45) is 7.13. The van der Waals surface area contributed by atoms with Crippen LogP contribution in [0.3, 0.4) is 0 Å². The van der Waals surface area contributed by atoms with E-state index in [0.717, 1.165) is 51.2 Å². The first-order valence-electron chi connectivity index (χ1n) is 15.8. The molecule has 1 amide bonds. The molecule has 1 aromatic heterocycles. The molecule has 9 nitrogen and oxygen atoms in total. The van der Waals surface area contributed by atoms with E-state index in [4.69, 9.17) is 14.5 Å². The molecule has 5 rings (SSSR count). The van der Waals surface area contributed by atoms with E-state index < -0.39 is 30.1 Å². The maximum Gasteiger partial charge on any atom is 0.387 e. The third kappa shape index (κ3) is 7.12. The van der Waals surface area contributed by atoms with Crippen molar-refractivity contribution in [3.8, 4) is 11.6 Å². The number of carbonyl (C=O) groups excluding carboxylic acids is 3. The number of nitrogens with zero attached hydrogens (tertiary/aromatic N) is 3. The summed E-state index contributed by atoms with van der Waals surface area (Å²) in [6.45, 7) is 4.75. The third-order valence-electron chi connectivity index (χ3n) is 9.52. The Balaban J connectivity index is 1.50. The Bertz CT molecular complexity index is 1370. The van der Waals surface area contributed by atoms with Crippen molar-refractivity contribution in [2.75, 3.05) is 6.54 Å². The minimum absolute atomic E-state index is 0.0362. The SMILES string of the molecule is C[C@@H]1[C@@H]2CN(C(=O)[C@H](C(C)(C)C)CC(=O)O[C@@H]3CCC[C@H]3CCCCCc3nc4ccc(OC(F)F)cc4nc3O2)[C@@H]1C=O. The van der Waals surface area contributed by atoms with Crippen molar-refractivity contribution in [2.45, 2.75) is 110 Å². The van der Waals surface area contributed by atoms with Gasteiger partial charge in [0.25, 0.3) is 0 Å². The van der Waals surface area contributed by atoms with Gasteiger partial charge in [-0.2, -0.15) is 8.78 Å². The van der Waals surface area contributed by atoms with Crippen molar-refractivity contribution in [1.29, 1.82) is 0 Å². The Hall–Kier alpha value is -3.37. The number of alkyl halides is 2. The summed E-state index contributed by atoms with van der Waals surface area (Å²) in [5, 5.41) is 0. The normalized spacial score (nSPS) is 28.9. The van der Waals surface area contributed by atoms with Gasteiger partial charge >= 0.3 is 12.6 Å². The van der Waals surface area contributed by atoms with Crippen molar-refractivity contribution >= 4 is 29.2 Å². The van der Waals surface area contributed by atoms with Gasteiger partial charge in [-0.15, -0.1) is 0 Å². The molecule has 0 spiro atoms. The molecule has 0 unspecified atom stereocenters. The van der Waals surface area contributed by atoms with Crippen molar-refractivity contribution in [2.24, 2.45) is 23.2 Å². The minimum atomic E-state index is -2.97. The van der Waals surface area contributed by atoms with Crippen molar-refractivity contribution in [3.05, 3.63) is 23.9 Å². The van der Waals surface area contributed by atoms with E-state index in [0.29, 0.717) is 29.1 Å². The summed E-state index contributed by atoms with van der Waals surface area (Å²) in [5.74, 6) is -1.19. The van der Waals surface area contributed by atoms with Gasteiger partial charge in [0, 0.05) is 12.0 Å². The Morgan fingerprint density at radius 3 is 2.50 bits per heavy atom. The largest absolute Gasteiger partial charge is 0.471 e. The van der Waals surface area contributed by atoms with Crippen LogP contribution in [0.5, 0.6) is 11.6 Å². The summed E-state index contributed by atoms with van der Waals surface area (Å²) in [7, 11) is 0. The fraction of sp³-hybridized carbons (Fsp3) is 0.667. The van der Waals surface area contributed by atoms with Crippen LogP contribution in [0.25, 0.3) is 11.0 Å². The quantitative estimate of drug-likeness (QED) is 0.310. The van der Waals surface area contributed by atoms with Crippen LogP contribution in [0, 0.1) is 23.2 Å². The van der Waals surface area contributed by atoms with E-state index in [1.165, 1.54) is 17.0 Å². The molecule has 2 aromatic rings. The molecule has 3 aliphatic rings. The molecule has 6 atom stereocenters. The number of hydrogen-bond donors (Lipinski definition) is 0. The lowest BCUT2D eigenvalue weighted by molar-refractivity contribution is -0.157. The highest BCUT2D eigenvalue weighted by molar-refractivity contribution is 5.87. The van der Waals surface area contributed by atoms with E-state index in [2.05, 4.69) is 9.72 Å². The first-order valence-corrected chi connectivity index (χ1v) is 15.8. The Morgan fingerprint density at radius 1 is 1.00 bits per heavy atom. The molecule has 0 radical (unpaired) electrons. The van der Waals surface area contributed by atoms with E-state index in [1.807, 2.05) is 27.7 Å². The predicted molar refractivity (Wildman–Crippen MR) is 158 cm³/mol. The second-order valence-electron chi connectivity index (χ2n) is 13.6. The van der Waals surface area contributed by atoms with Crippen molar-refractivity contribution in [3.63, 3.8) is 0 Å². The third-order valence-corrected chi connectivity index (χ3v) is 9.52. The summed E-state index contributed by atoms with van der Waals surface area (Å²) < 4.78 is 42.8. The summed E-state index contributed by atoms with van der Waals surface area (Å²) in [6, 6.07) is 3.68. The minimum Gasteiger partial charge on any atom is -0.471 e. The highest BCUT2D eigenvalue weighted by atomic mass is 19.3. The monoisotopic (exact) mass is 615 g/mol. The van der Waals surface area contributed by atoms with Gasteiger partial charge in [-0.1, -0.05) is 40.5 Å². The maximum absolute atomic E-state index is 14.1. The van der Waals surface area contributed by atoms with Crippen LogP contribution in [-0.2, 0) is 25.5 Å². The van der Waals surface area contributed by atoms with Crippen LogP contribution in [0.15, 0.2) is 18.2 Å². The van der Waals surface area contributed by atoms with Crippen LogP contribution in [0.1, 0.15) is 84.8 Å².